The first-order chi connectivity index (χ1) is 13.5. The third-order valence-corrected chi connectivity index (χ3v) is 5.29. The number of aromatic nitrogens is 2. The molecule has 1 aromatic carbocycles. The van der Waals surface area contributed by atoms with Crippen LogP contribution in [0.3, 0.4) is 0 Å². The summed E-state index contributed by atoms with van der Waals surface area (Å²) in [6.07, 6.45) is 0. The highest BCUT2D eigenvalue weighted by Crippen LogP contribution is 2.23. The van der Waals surface area contributed by atoms with E-state index in [2.05, 4.69) is 15.0 Å². The predicted octanol–water partition coefficient (Wildman–Crippen LogP) is 3.21. The molecule has 4 rings (SSSR count). The lowest BCUT2D eigenvalue weighted by Crippen LogP contribution is -2.48. The van der Waals surface area contributed by atoms with Gasteiger partial charge in [0.2, 0.25) is 11.7 Å². The molecule has 1 amide bonds. The van der Waals surface area contributed by atoms with Crippen molar-refractivity contribution < 1.29 is 13.7 Å². The van der Waals surface area contributed by atoms with Gasteiger partial charge in [-0.1, -0.05) is 35.5 Å². The Morgan fingerprint density at radius 3 is 2.39 bits per heavy atom. The average Bonchev–Trinajstić information content (AvgIpc) is 3.27. The average molecular weight is 380 g/mol. The fourth-order valence-corrected chi connectivity index (χ4v) is 3.59. The zero-order valence-electron chi connectivity index (χ0n) is 16.4. The molecular formula is C21H24N4O3. The first-order valence-electron chi connectivity index (χ1n) is 9.49. The van der Waals surface area contributed by atoms with Crippen LogP contribution in [-0.4, -0.2) is 52.0 Å². The van der Waals surface area contributed by atoms with Crippen LogP contribution >= 0.6 is 0 Å². The SMILES string of the molecule is Cc1oc(C)c(C(=O)N2CCN(Cc3nc(-c4ccccc4)no3)CC2)c1C. The molecule has 0 bridgehead atoms. The molecule has 1 aliphatic rings. The van der Waals surface area contributed by atoms with Crippen LogP contribution in [0.5, 0.6) is 0 Å². The Morgan fingerprint density at radius 2 is 1.75 bits per heavy atom. The van der Waals surface area contributed by atoms with Gasteiger partial charge in [0.1, 0.15) is 11.5 Å². The molecule has 7 heteroatoms. The van der Waals surface area contributed by atoms with Crippen molar-refractivity contribution in [3.8, 4) is 11.4 Å². The van der Waals surface area contributed by atoms with Crippen LogP contribution in [0, 0.1) is 20.8 Å². The maximum absolute atomic E-state index is 12.9. The Balaban J connectivity index is 1.36. The molecule has 1 fully saturated rings. The van der Waals surface area contributed by atoms with Crippen molar-refractivity contribution in [2.24, 2.45) is 0 Å². The predicted molar refractivity (Wildman–Crippen MR) is 104 cm³/mol. The lowest BCUT2D eigenvalue weighted by atomic mass is 10.1. The number of piperazine rings is 1. The minimum Gasteiger partial charge on any atom is -0.466 e. The highest BCUT2D eigenvalue weighted by atomic mass is 16.5. The van der Waals surface area contributed by atoms with Gasteiger partial charge in [0, 0.05) is 37.3 Å². The van der Waals surface area contributed by atoms with Gasteiger partial charge in [-0.05, 0) is 20.8 Å². The van der Waals surface area contributed by atoms with E-state index in [1.165, 1.54) is 0 Å². The summed E-state index contributed by atoms with van der Waals surface area (Å²) < 4.78 is 11.0. The molecule has 28 heavy (non-hydrogen) atoms. The van der Waals surface area contributed by atoms with Crippen LogP contribution in [0.25, 0.3) is 11.4 Å². The smallest absolute Gasteiger partial charge is 0.257 e. The van der Waals surface area contributed by atoms with Crippen molar-refractivity contribution in [2.45, 2.75) is 27.3 Å². The second-order valence-electron chi connectivity index (χ2n) is 7.16. The van der Waals surface area contributed by atoms with Gasteiger partial charge in [-0.15, -0.1) is 0 Å². The number of nitrogens with zero attached hydrogens (tertiary/aromatic N) is 4. The number of carbonyl (C=O) groups is 1. The number of carbonyl (C=O) groups excluding carboxylic acids is 1. The van der Waals surface area contributed by atoms with Gasteiger partial charge in [0.25, 0.3) is 5.91 Å². The molecule has 3 aromatic rings. The molecule has 1 saturated heterocycles. The minimum absolute atomic E-state index is 0.0515. The summed E-state index contributed by atoms with van der Waals surface area (Å²) in [7, 11) is 0. The lowest BCUT2D eigenvalue weighted by molar-refractivity contribution is 0.0613. The fourth-order valence-electron chi connectivity index (χ4n) is 3.59. The van der Waals surface area contributed by atoms with E-state index in [0.29, 0.717) is 42.7 Å². The summed E-state index contributed by atoms with van der Waals surface area (Å²) in [5, 5.41) is 4.07. The molecule has 0 N–H and O–H groups in total. The molecule has 3 heterocycles. The number of benzene rings is 1. The van der Waals surface area contributed by atoms with Gasteiger partial charge in [-0.25, -0.2) is 0 Å². The van der Waals surface area contributed by atoms with Gasteiger partial charge in [0.05, 0.1) is 12.1 Å². The number of hydrogen-bond acceptors (Lipinski definition) is 6. The van der Waals surface area contributed by atoms with Gasteiger partial charge >= 0.3 is 0 Å². The van der Waals surface area contributed by atoms with Crippen LogP contribution in [-0.2, 0) is 6.54 Å². The summed E-state index contributed by atoms with van der Waals surface area (Å²) in [6, 6.07) is 9.78. The summed E-state index contributed by atoms with van der Waals surface area (Å²) in [6.45, 7) is 9.14. The molecule has 0 radical (unpaired) electrons. The summed E-state index contributed by atoms with van der Waals surface area (Å²) >= 11 is 0. The van der Waals surface area contributed by atoms with Gasteiger partial charge in [0.15, 0.2) is 0 Å². The molecule has 0 saturated carbocycles. The monoisotopic (exact) mass is 380 g/mol. The summed E-state index contributed by atoms with van der Waals surface area (Å²) in [4.78, 5) is 21.5. The van der Waals surface area contributed by atoms with Crippen molar-refractivity contribution in [3.63, 3.8) is 0 Å². The van der Waals surface area contributed by atoms with Gasteiger partial charge in [-0.3, -0.25) is 9.69 Å². The molecule has 0 aliphatic carbocycles. The molecule has 7 nitrogen and oxygen atoms in total. The Morgan fingerprint density at radius 1 is 1.04 bits per heavy atom. The quantitative estimate of drug-likeness (QED) is 0.692. The van der Waals surface area contributed by atoms with E-state index in [-0.39, 0.29) is 5.91 Å². The van der Waals surface area contributed by atoms with E-state index in [1.54, 1.807) is 0 Å². The zero-order valence-corrected chi connectivity index (χ0v) is 16.4. The van der Waals surface area contributed by atoms with Crippen molar-refractivity contribution in [3.05, 3.63) is 58.9 Å². The molecule has 0 spiro atoms. The topological polar surface area (TPSA) is 75.6 Å². The van der Waals surface area contributed by atoms with Crippen LogP contribution < -0.4 is 0 Å². The highest BCUT2D eigenvalue weighted by molar-refractivity contribution is 5.97. The van der Waals surface area contributed by atoms with E-state index in [9.17, 15) is 4.79 Å². The largest absolute Gasteiger partial charge is 0.466 e. The maximum atomic E-state index is 12.9. The molecule has 0 atom stereocenters. The van der Waals surface area contributed by atoms with Crippen molar-refractivity contribution in [2.75, 3.05) is 26.2 Å². The van der Waals surface area contributed by atoms with E-state index in [1.807, 2.05) is 56.0 Å². The second-order valence-corrected chi connectivity index (χ2v) is 7.16. The Kier molecular flexibility index (Phi) is 5.00. The first kappa shape index (κ1) is 18.4. The number of furan rings is 1. The minimum atomic E-state index is 0.0515. The van der Waals surface area contributed by atoms with E-state index >= 15 is 0 Å². The Labute approximate surface area is 163 Å². The lowest BCUT2D eigenvalue weighted by Gasteiger charge is -2.34. The van der Waals surface area contributed by atoms with Crippen LogP contribution in [0.1, 0.15) is 33.3 Å². The zero-order chi connectivity index (χ0) is 19.7. The highest BCUT2D eigenvalue weighted by Gasteiger charge is 2.27. The fraction of sp³-hybridized carbons (Fsp3) is 0.381. The van der Waals surface area contributed by atoms with E-state index < -0.39 is 0 Å². The third-order valence-electron chi connectivity index (χ3n) is 5.29. The Bertz CT molecular complexity index is 969. The van der Waals surface area contributed by atoms with Gasteiger partial charge in [-0.2, -0.15) is 4.98 Å². The summed E-state index contributed by atoms with van der Waals surface area (Å²) in [5.74, 6) is 2.75. The molecule has 2 aromatic heterocycles. The van der Waals surface area contributed by atoms with E-state index in [4.69, 9.17) is 8.94 Å². The standard InChI is InChI=1S/C21H24N4O3/c1-14-15(2)27-16(3)19(14)21(26)25-11-9-24(10-12-25)13-18-22-20(23-28-18)17-7-5-4-6-8-17/h4-8H,9-13H2,1-3H3. The van der Waals surface area contributed by atoms with Crippen LogP contribution in [0.2, 0.25) is 0 Å². The molecule has 1 aliphatic heterocycles. The normalized spacial score (nSPS) is 15.2. The Hall–Kier alpha value is -2.93. The van der Waals surface area contributed by atoms with Crippen molar-refractivity contribution in [1.29, 1.82) is 0 Å². The van der Waals surface area contributed by atoms with Crippen LogP contribution in [0.4, 0.5) is 0 Å². The van der Waals surface area contributed by atoms with Crippen molar-refractivity contribution in [1.82, 2.24) is 19.9 Å². The van der Waals surface area contributed by atoms with Crippen molar-refractivity contribution >= 4 is 5.91 Å². The van der Waals surface area contributed by atoms with Gasteiger partial charge < -0.3 is 13.8 Å². The number of amides is 1. The number of rotatable bonds is 4. The molecule has 0 unspecified atom stereocenters. The first-order valence-corrected chi connectivity index (χ1v) is 9.49. The molecular weight excluding hydrogens is 356 g/mol. The third kappa shape index (κ3) is 3.57. The summed E-state index contributed by atoms with van der Waals surface area (Å²) in [5.41, 5.74) is 2.58. The maximum Gasteiger partial charge on any atom is 0.257 e. The van der Waals surface area contributed by atoms with E-state index in [0.717, 1.165) is 30.0 Å². The molecule has 146 valence electrons. The number of hydrogen-bond donors (Lipinski definition) is 0. The second kappa shape index (κ2) is 7.59. The number of aryl methyl sites for hydroxylation is 2. The van der Waals surface area contributed by atoms with Crippen LogP contribution in [0.15, 0.2) is 39.3 Å².